The summed E-state index contributed by atoms with van der Waals surface area (Å²) in [6.45, 7) is 3.68. The van der Waals surface area contributed by atoms with E-state index < -0.39 is 0 Å². The Kier molecular flexibility index (Phi) is 4.61. The summed E-state index contributed by atoms with van der Waals surface area (Å²) in [5.41, 5.74) is 1.92. The first-order valence-electron chi connectivity index (χ1n) is 7.69. The predicted octanol–water partition coefficient (Wildman–Crippen LogP) is 3.24. The highest BCUT2D eigenvalue weighted by Crippen LogP contribution is 2.18. The van der Waals surface area contributed by atoms with Crippen molar-refractivity contribution in [1.82, 2.24) is 14.7 Å². The van der Waals surface area contributed by atoms with Crippen LogP contribution in [-0.2, 0) is 4.79 Å². The Morgan fingerprint density at radius 1 is 1.38 bits per heavy atom. The van der Waals surface area contributed by atoms with Crippen molar-refractivity contribution in [1.29, 1.82) is 0 Å². The zero-order valence-corrected chi connectivity index (χ0v) is 14.3. The van der Waals surface area contributed by atoms with E-state index in [4.69, 9.17) is 0 Å². The van der Waals surface area contributed by atoms with Crippen LogP contribution in [0.4, 0.5) is 5.69 Å². The van der Waals surface area contributed by atoms with E-state index in [-0.39, 0.29) is 17.9 Å². The number of carbonyl (C=O) groups excluding carboxylic acids is 2. The highest BCUT2D eigenvalue weighted by atomic mass is 32.1. The predicted molar refractivity (Wildman–Crippen MR) is 94.3 cm³/mol. The molecule has 0 aliphatic heterocycles. The first kappa shape index (κ1) is 16.2. The molecule has 1 atom stereocenters. The minimum absolute atomic E-state index is 0.0843. The van der Waals surface area contributed by atoms with E-state index in [0.29, 0.717) is 17.7 Å². The molecule has 7 heteroatoms. The molecule has 6 nitrogen and oxygen atoms in total. The van der Waals surface area contributed by atoms with Crippen LogP contribution in [0, 0.1) is 0 Å². The van der Waals surface area contributed by atoms with Gasteiger partial charge in [-0.1, -0.05) is 13.0 Å². The van der Waals surface area contributed by atoms with Gasteiger partial charge < -0.3 is 10.6 Å². The Labute approximate surface area is 143 Å². The Balaban J connectivity index is 1.70. The molecule has 0 saturated heterocycles. The van der Waals surface area contributed by atoms with Crippen molar-refractivity contribution < 1.29 is 9.59 Å². The summed E-state index contributed by atoms with van der Waals surface area (Å²) in [5.74, 6) is -0.287. The van der Waals surface area contributed by atoms with Crippen LogP contribution in [-0.4, -0.2) is 21.2 Å². The number of aromatic nitrogens is 2. The smallest absolute Gasteiger partial charge is 0.251 e. The number of rotatable bonds is 5. The summed E-state index contributed by atoms with van der Waals surface area (Å²) in [6, 6.07) is 6.68. The van der Waals surface area contributed by atoms with Gasteiger partial charge in [-0.15, -0.1) is 11.3 Å². The lowest BCUT2D eigenvalue weighted by atomic mass is 10.1. The third-order valence-corrected chi connectivity index (χ3v) is 4.40. The molecule has 0 fully saturated rings. The zero-order valence-electron chi connectivity index (χ0n) is 13.4. The molecule has 3 rings (SSSR count). The fourth-order valence-corrected chi connectivity index (χ4v) is 3.00. The molecule has 2 amide bonds. The second-order valence-corrected chi connectivity index (χ2v) is 6.31. The van der Waals surface area contributed by atoms with Crippen molar-refractivity contribution in [3.63, 3.8) is 0 Å². The van der Waals surface area contributed by atoms with Crippen molar-refractivity contribution in [2.45, 2.75) is 26.3 Å². The highest BCUT2D eigenvalue weighted by Gasteiger charge is 2.15. The first-order chi connectivity index (χ1) is 11.6. The number of hydrogen-bond donors (Lipinski definition) is 2. The van der Waals surface area contributed by atoms with Gasteiger partial charge in [-0.2, -0.15) is 0 Å². The van der Waals surface area contributed by atoms with Crippen LogP contribution in [0.2, 0.25) is 0 Å². The van der Waals surface area contributed by atoms with E-state index in [9.17, 15) is 9.59 Å². The number of nitrogens with zero attached hydrogens (tertiary/aromatic N) is 2. The molecule has 2 N–H and O–H groups in total. The molecule has 1 aromatic carbocycles. The molecule has 24 heavy (non-hydrogen) atoms. The maximum atomic E-state index is 12.4. The maximum Gasteiger partial charge on any atom is 0.251 e. The number of fused-ring (bicyclic) bond motifs is 1. The van der Waals surface area contributed by atoms with Crippen LogP contribution >= 0.6 is 11.3 Å². The van der Waals surface area contributed by atoms with E-state index >= 15 is 0 Å². The van der Waals surface area contributed by atoms with Gasteiger partial charge in [0.1, 0.15) is 0 Å². The van der Waals surface area contributed by atoms with Gasteiger partial charge in [0.2, 0.25) is 5.91 Å². The standard InChI is InChI=1S/C17H18N4O2S/c1-3-15(22)19-13-6-4-5-12(9-13)16(23)18-11(2)14-10-21-7-8-24-17(21)20-14/h4-11H,3H2,1-2H3,(H,18,23)(H,19,22)/t11-/m1/s1. The molecule has 0 aliphatic rings. The molecule has 3 aromatic rings. The van der Waals surface area contributed by atoms with Crippen molar-refractivity contribution in [2.24, 2.45) is 0 Å². The minimum atomic E-state index is -0.210. The number of thiazole rings is 1. The fourth-order valence-electron chi connectivity index (χ4n) is 2.30. The second-order valence-electron chi connectivity index (χ2n) is 5.44. The van der Waals surface area contributed by atoms with Gasteiger partial charge in [-0.25, -0.2) is 4.98 Å². The van der Waals surface area contributed by atoms with Crippen molar-refractivity contribution in [3.05, 3.63) is 53.3 Å². The number of amides is 2. The minimum Gasteiger partial charge on any atom is -0.344 e. The Bertz CT molecular complexity index is 855. The van der Waals surface area contributed by atoms with Crippen LogP contribution in [0.25, 0.3) is 4.96 Å². The van der Waals surface area contributed by atoms with E-state index in [0.717, 1.165) is 10.7 Å². The van der Waals surface area contributed by atoms with Crippen molar-refractivity contribution in [3.8, 4) is 0 Å². The largest absolute Gasteiger partial charge is 0.344 e. The normalized spacial score (nSPS) is 12.1. The van der Waals surface area contributed by atoms with Gasteiger partial charge in [0, 0.05) is 35.4 Å². The lowest BCUT2D eigenvalue weighted by molar-refractivity contribution is -0.115. The van der Waals surface area contributed by atoms with Gasteiger partial charge in [0.25, 0.3) is 5.91 Å². The second kappa shape index (κ2) is 6.84. The topological polar surface area (TPSA) is 75.5 Å². The monoisotopic (exact) mass is 342 g/mol. The van der Waals surface area contributed by atoms with Gasteiger partial charge >= 0.3 is 0 Å². The molecule has 2 heterocycles. The molecular weight excluding hydrogens is 324 g/mol. The Morgan fingerprint density at radius 2 is 2.21 bits per heavy atom. The third-order valence-electron chi connectivity index (χ3n) is 3.63. The molecule has 0 saturated carbocycles. The summed E-state index contributed by atoms with van der Waals surface area (Å²) in [5, 5.41) is 7.65. The summed E-state index contributed by atoms with van der Waals surface area (Å²) < 4.78 is 1.93. The average molecular weight is 342 g/mol. The number of carbonyl (C=O) groups is 2. The summed E-state index contributed by atoms with van der Waals surface area (Å²) >= 11 is 1.55. The summed E-state index contributed by atoms with van der Waals surface area (Å²) in [4.78, 5) is 29.3. The number of benzene rings is 1. The SMILES string of the molecule is CCC(=O)Nc1cccc(C(=O)N[C@H](C)c2cn3ccsc3n2)c1. The van der Waals surface area contributed by atoms with Crippen molar-refractivity contribution >= 4 is 33.8 Å². The lowest BCUT2D eigenvalue weighted by Gasteiger charge is -2.12. The fraction of sp³-hybridized carbons (Fsp3) is 0.235. The van der Waals surface area contributed by atoms with E-state index in [2.05, 4.69) is 15.6 Å². The van der Waals surface area contributed by atoms with E-state index in [1.54, 1.807) is 42.5 Å². The van der Waals surface area contributed by atoms with Crippen LogP contribution < -0.4 is 10.6 Å². The summed E-state index contributed by atoms with van der Waals surface area (Å²) in [6.07, 6.45) is 4.24. The third kappa shape index (κ3) is 3.46. The van der Waals surface area contributed by atoms with Gasteiger partial charge in [0.15, 0.2) is 4.96 Å². The number of anilines is 1. The number of nitrogens with one attached hydrogen (secondary N) is 2. The van der Waals surface area contributed by atoms with Crippen LogP contribution in [0.1, 0.15) is 42.4 Å². The molecule has 0 radical (unpaired) electrons. The molecule has 0 unspecified atom stereocenters. The van der Waals surface area contributed by atoms with E-state index in [1.165, 1.54) is 0 Å². The van der Waals surface area contributed by atoms with Crippen LogP contribution in [0.5, 0.6) is 0 Å². The average Bonchev–Trinajstić information content (AvgIpc) is 3.16. The number of imidazole rings is 1. The summed E-state index contributed by atoms with van der Waals surface area (Å²) in [7, 11) is 0. The van der Waals surface area contributed by atoms with Crippen LogP contribution in [0.15, 0.2) is 42.0 Å². The molecule has 0 bridgehead atoms. The molecule has 0 spiro atoms. The molecule has 0 aliphatic carbocycles. The Hall–Kier alpha value is -2.67. The van der Waals surface area contributed by atoms with Gasteiger partial charge in [0.05, 0.1) is 11.7 Å². The molecule has 124 valence electrons. The van der Waals surface area contributed by atoms with Crippen molar-refractivity contribution in [2.75, 3.05) is 5.32 Å². The maximum absolute atomic E-state index is 12.4. The Morgan fingerprint density at radius 3 is 2.96 bits per heavy atom. The lowest BCUT2D eigenvalue weighted by Crippen LogP contribution is -2.27. The molecular formula is C17H18N4O2S. The number of hydrogen-bond acceptors (Lipinski definition) is 4. The molecule has 2 aromatic heterocycles. The first-order valence-corrected chi connectivity index (χ1v) is 8.57. The van der Waals surface area contributed by atoms with Gasteiger partial charge in [-0.05, 0) is 25.1 Å². The van der Waals surface area contributed by atoms with Gasteiger partial charge in [-0.3, -0.25) is 14.0 Å². The quantitative estimate of drug-likeness (QED) is 0.747. The highest BCUT2D eigenvalue weighted by molar-refractivity contribution is 7.15. The zero-order chi connectivity index (χ0) is 17.1. The van der Waals surface area contributed by atoms with E-state index in [1.807, 2.05) is 29.1 Å². The van der Waals surface area contributed by atoms with Crippen LogP contribution in [0.3, 0.4) is 0 Å².